The highest BCUT2D eigenvalue weighted by Crippen LogP contribution is 2.28. The maximum Gasteiger partial charge on any atom is 0.265 e. The first kappa shape index (κ1) is 21.7. The highest BCUT2D eigenvalue weighted by atomic mass is 16.2. The topological polar surface area (TPSA) is 125 Å². The zero-order chi connectivity index (χ0) is 24.1. The molecule has 0 spiro atoms. The van der Waals surface area contributed by atoms with E-state index in [9.17, 15) is 14.4 Å². The second kappa shape index (κ2) is 8.01. The van der Waals surface area contributed by atoms with Crippen LogP contribution in [-0.2, 0) is 14.4 Å². The first-order chi connectivity index (χ1) is 16.2. The van der Waals surface area contributed by atoms with Crippen molar-refractivity contribution in [2.45, 2.75) is 27.2 Å². The summed E-state index contributed by atoms with van der Waals surface area (Å²) >= 11 is 0. The van der Waals surface area contributed by atoms with E-state index in [2.05, 4.69) is 25.5 Å². The fourth-order valence-corrected chi connectivity index (χ4v) is 4.20. The Morgan fingerprint density at radius 1 is 1.09 bits per heavy atom. The third-order valence-electron chi connectivity index (χ3n) is 6.26. The highest BCUT2D eigenvalue weighted by Gasteiger charge is 2.37. The van der Waals surface area contributed by atoms with Crippen LogP contribution in [0.4, 0.5) is 11.5 Å². The lowest BCUT2D eigenvalue weighted by Gasteiger charge is -2.19. The van der Waals surface area contributed by atoms with E-state index in [-0.39, 0.29) is 30.7 Å². The van der Waals surface area contributed by atoms with Crippen LogP contribution in [0, 0.1) is 32.6 Å². The Kier molecular flexibility index (Phi) is 5.11. The SMILES string of the molecule is Cc1cc(NC(=O)C2CC(=O)N(c3ccc(C)c(C)c3)C2)n(C2=NC(=O)C3C=NN(C)C3=N2)n1. The minimum atomic E-state index is -0.607. The number of anilines is 2. The van der Waals surface area contributed by atoms with Crippen molar-refractivity contribution >= 4 is 47.2 Å². The van der Waals surface area contributed by atoms with E-state index >= 15 is 0 Å². The molecule has 34 heavy (non-hydrogen) atoms. The number of carbonyl (C=O) groups is 3. The van der Waals surface area contributed by atoms with Crippen LogP contribution in [0.2, 0.25) is 0 Å². The smallest absolute Gasteiger partial charge is 0.265 e. The Balaban J connectivity index is 1.35. The molecule has 1 aromatic carbocycles. The largest absolute Gasteiger partial charge is 0.312 e. The number of aliphatic imine (C=N–C) groups is 2. The van der Waals surface area contributed by atoms with Gasteiger partial charge in [0.15, 0.2) is 0 Å². The minimum Gasteiger partial charge on any atom is -0.312 e. The van der Waals surface area contributed by atoms with Gasteiger partial charge in [-0.25, -0.2) is 0 Å². The molecule has 0 radical (unpaired) electrons. The van der Waals surface area contributed by atoms with E-state index in [1.165, 1.54) is 15.9 Å². The molecule has 3 amide bonds. The average molecular weight is 460 g/mol. The molecule has 2 atom stereocenters. The van der Waals surface area contributed by atoms with E-state index in [0.29, 0.717) is 17.3 Å². The minimum absolute atomic E-state index is 0.0521. The summed E-state index contributed by atoms with van der Waals surface area (Å²) in [7, 11) is 1.70. The second-order valence-corrected chi connectivity index (χ2v) is 8.73. The Hall–Kier alpha value is -4.15. The van der Waals surface area contributed by atoms with Crippen molar-refractivity contribution in [2.24, 2.45) is 26.9 Å². The van der Waals surface area contributed by atoms with Crippen LogP contribution in [0.5, 0.6) is 0 Å². The van der Waals surface area contributed by atoms with Crippen molar-refractivity contribution in [1.82, 2.24) is 14.8 Å². The van der Waals surface area contributed by atoms with Crippen LogP contribution in [0.1, 0.15) is 23.2 Å². The van der Waals surface area contributed by atoms with Crippen molar-refractivity contribution in [3.8, 4) is 0 Å². The molecule has 11 nitrogen and oxygen atoms in total. The van der Waals surface area contributed by atoms with Gasteiger partial charge in [0.25, 0.3) is 11.9 Å². The summed E-state index contributed by atoms with van der Waals surface area (Å²) in [5, 5.41) is 12.8. The van der Waals surface area contributed by atoms with Crippen LogP contribution in [0.25, 0.3) is 0 Å². The van der Waals surface area contributed by atoms with E-state index in [1.54, 1.807) is 24.9 Å². The number of amidine groups is 1. The molecule has 1 fully saturated rings. The fraction of sp³-hybridized carbons (Fsp3) is 0.348. The monoisotopic (exact) mass is 460 g/mol. The van der Waals surface area contributed by atoms with Crippen molar-refractivity contribution < 1.29 is 14.4 Å². The van der Waals surface area contributed by atoms with Crippen LogP contribution in [0.3, 0.4) is 0 Å². The Morgan fingerprint density at radius 3 is 2.65 bits per heavy atom. The van der Waals surface area contributed by atoms with Crippen LogP contribution in [-0.4, -0.2) is 64.1 Å². The average Bonchev–Trinajstić information content (AvgIpc) is 3.47. The first-order valence-electron chi connectivity index (χ1n) is 11.0. The molecule has 0 saturated carbocycles. The number of nitrogens with zero attached hydrogens (tertiary/aromatic N) is 7. The molecule has 174 valence electrons. The van der Waals surface area contributed by atoms with Gasteiger partial charge in [-0.15, -0.1) is 0 Å². The Morgan fingerprint density at radius 2 is 1.88 bits per heavy atom. The van der Waals surface area contributed by atoms with E-state index < -0.39 is 17.7 Å². The lowest BCUT2D eigenvalue weighted by molar-refractivity contribution is -0.122. The molecule has 1 N–H and O–H groups in total. The lowest BCUT2D eigenvalue weighted by atomic mass is 10.1. The molecular weight excluding hydrogens is 436 g/mol. The van der Waals surface area contributed by atoms with Gasteiger partial charge in [-0.05, 0) is 44.0 Å². The van der Waals surface area contributed by atoms with Crippen LogP contribution in [0.15, 0.2) is 39.4 Å². The van der Waals surface area contributed by atoms with Crippen molar-refractivity contribution in [3.05, 3.63) is 41.1 Å². The highest BCUT2D eigenvalue weighted by molar-refractivity contribution is 6.24. The summed E-state index contributed by atoms with van der Waals surface area (Å²) in [4.78, 5) is 48.3. The number of carbonyl (C=O) groups excluding carboxylic acids is 3. The first-order valence-corrected chi connectivity index (χ1v) is 11.0. The van der Waals surface area contributed by atoms with E-state index in [1.807, 2.05) is 32.0 Å². The molecule has 0 aliphatic carbocycles. The van der Waals surface area contributed by atoms with Crippen molar-refractivity contribution in [1.29, 1.82) is 0 Å². The predicted octanol–water partition coefficient (Wildman–Crippen LogP) is 1.49. The van der Waals surface area contributed by atoms with Crippen molar-refractivity contribution in [3.63, 3.8) is 0 Å². The number of nitrogens with one attached hydrogen (secondary N) is 1. The third kappa shape index (κ3) is 3.68. The summed E-state index contributed by atoms with van der Waals surface area (Å²) in [6, 6.07) is 7.50. The number of rotatable bonds is 3. The molecule has 11 heteroatoms. The lowest BCUT2D eigenvalue weighted by Crippen LogP contribution is -2.35. The van der Waals surface area contributed by atoms with Gasteiger partial charge in [-0.2, -0.15) is 24.9 Å². The fourth-order valence-electron chi connectivity index (χ4n) is 4.20. The van der Waals surface area contributed by atoms with Crippen LogP contribution < -0.4 is 10.2 Å². The number of hydrogen-bond acceptors (Lipinski definition) is 7. The van der Waals surface area contributed by atoms with Gasteiger partial charge in [-0.1, -0.05) is 6.07 Å². The molecule has 2 aromatic rings. The molecule has 1 saturated heterocycles. The number of fused-ring (bicyclic) bond motifs is 1. The zero-order valence-electron chi connectivity index (χ0n) is 19.3. The normalized spacial score (nSPS) is 21.6. The molecule has 0 bridgehead atoms. The molecule has 5 rings (SSSR count). The van der Waals surface area contributed by atoms with Gasteiger partial charge in [0.2, 0.25) is 11.8 Å². The van der Waals surface area contributed by atoms with Gasteiger partial charge >= 0.3 is 0 Å². The molecule has 2 unspecified atom stereocenters. The molecule has 3 aliphatic rings. The number of hydrogen-bond donors (Lipinski definition) is 1. The predicted molar refractivity (Wildman–Crippen MR) is 127 cm³/mol. The van der Waals surface area contributed by atoms with Gasteiger partial charge < -0.3 is 10.2 Å². The standard InChI is InChI=1S/C23H24N8O3/c1-12-5-6-16(7-13(12)2)30-11-15(9-19(30)32)21(33)25-18-8-14(3)28-31(18)23-26-20-17(22(34)27-23)10-24-29(20)4/h5-8,10,15,17H,9,11H2,1-4H3,(H,25,33). The quantitative estimate of drug-likeness (QED) is 0.743. The summed E-state index contributed by atoms with van der Waals surface area (Å²) in [6.45, 7) is 6.05. The van der Waals surface area contributed by atoms with Crippen molar-refractivity contribution in [2.75, 3.05) is 23.8 Å². The number of hydrazone groups is 1. The van der Waals surface area contributed by atoms with E-state index in [0.717, 1.165) is 16.8 Å². The molecule has 1 aromatic heterocycles. The number of benzene rings is 1. The summed E-state index contributed by atoms with van der Waals surface area (Å²) in [5.74, 6) is -1.11. The zero-order valence-corrected chi connectivity index (χ0v) is 19.3. The van der Waals surface area contributed by atoms with Gasteiger partial charge in [0, 0.05) is 38.0 Å². The summed E-state index contributed by atoms with van der Waals surface area (Å²) in [6.07, 6.45) is 1.61. The molecule has 3 aliphatic heterocycles. The van der Waals surface area contributed by atoms with Crippen LogP contribution >= 0.6 is 0 Å². The second-order valence-electron chi connectivity index (χ2n) is 8.73. The molecular formula is C23H24N8O3. The third-order valence-corrected chi connectivity index (χ3v) is 6.26. The van der Waals surface area contributed by atoms with Gasteiger partial charge in [0.05, 0.1) is 11.6 Å². The van der Waals surface area contributed by atoms with Gasteiger partial charge in [0.1, 0.15) is 17.6 Å². The van der Waals surface area contributed by atoms with E-state index in [4.69, 9.17) is 0 Å². The maximum atomic E-state index is 13.1. The molecule has 4 heterocycles. The summed E-state index contributed by atoms with van der Waals surface area (Å²) < 4.78 is 1.33. The maximum absolute atomic E-state index is 13.1. The number of aryl methyl sites for hydroxylation is 3. The number of amides is 3. The summed E-state index contributed by atoms with van der Waals surface area (Å²) in [5.41, 5.74) is 3.63. The number of aromatic nitrogens is 2. The Bertz CT molecular complexity index is 1320. The Labute approximate surface area is 195 Å². The van der Waals surface area contributed by atoms with Gasteiger partial charge in [-0.3, -0.25) is 19.4 Å².